The normalized spacial score (nSPS) is 20.2. The number of rotatable bonds is 3. The number of benzene rings is 1. The number of likely N-dealkylation sites (tertiary alicyclic amines) is 1. The minimum Gasteiger partial charge on any atom is -0.481 e. The molecule has 2 aromatic rings. The van der Waals surface area contributed by atoms with Crippen LogP contribution in [-0.4, -0.2) is 40.1 Å². The lowest BCUT2D eigenvalue weighted by atomic mass is 9.90. The Bertz CT molecular complexity index is 772. The predicted octanol–water partition coefficient (Wildman–Crippen LogP) is 3.45. The van der Waals surface area contributed by atoms with Crippen molar-refractivity contribution < 1.29 is 14.7 Å². The molecule has 0 aliphatic carbocycles. The van der Waals surface area contributed by atoms with Crippen LogP contribution < -0.4 is 5.32 Å². The van der Waals surface area contributed by atoms with E-state index >= 15 is 0 Å². The van der Waals surface area contributed by atoms with E-state index in [1.54, 1.807) is 23.2 Å². The molecule has 1 saturated heterocycles. The predicted molar refractivity (Wildman–Crippen MR) is 93.2 cm³/mol. The SMILES string of the molecule is Cc1nc(-c2ccc(NC(=O)N3CCC(C)(C(=O)O)C3)cc2)cs1. The molecule has 1 aromatic carbocycles. The molecule has 1 aromatic heterocycles. The minimum atomic E-state index is -0.860. The Morgan fingerprint density at radius 3 is 2.58 bits per heavy atom. The van der Waals surface area contributed by atoms with Gasteiger partial charge in [-0.15, -0.1) is 11.3 Å². The summed E-state index contributed by atoms with van der Waals surface area (Å²) in [6, 6.07) is 7.21. The molecule has 1 unspecified atom stereocenters. The summed E-state index contributed by atoms with van der Waals surface area (Å²) in [5, 5.41) is 15.1. The fraction of sp³-hybridized carbons (Fsp3) is 0.353. The Kier molecular flexibility index (Phi) is 4.28. The molecule has 0 radical (unpaired) electrons. The highest BCUT2D eigenvalue weighted by Crippen LogP contribution is 2.30. The fourth-order valence-corrected chi connectivity index (χ4v) is 3.35. The Balaban J connectivity index is 1.64. The lowest BCUT2D eigenvalue weighted by Crippen LogP contribution is -2.37. The number of urea groups is 1. The molecule has 1 aliphatic rings. The van der Waals surface area contributed by atoms with Gasteiger partial charge in [0.05, 0.1) is 16.1 Å². The van der Waals surface area contributed by atoms with E-state index in [9.17, 15) is 14.7 Å². The molecule has 3 rings (SSSR count). The van der Waals surface area contributed by atoms with Crippen LogP contribution in [0.5, 0.6) is 0 Å². The summed E-state index contributed by atoms with van der Waals surface area (Å²) in [6.07, 6.45) is 0.470. The van der Waals surface area contributed by atoms with Crippen LogP contribution in [-0.2, 0) is 4.79 Å². The third-order valence-corrected chi connectivity index (χ3v) is 5.10. The molecule has 2 amide bonds. The van der Waals surface area contributed by atoms with Gasteiger partial charge in [0.1, 0.15) is 0 Å². The van der Waals surface area contributed by atoms with Gasteiger partial charge in [0.2, 0.25) is 0 Å². The number of nitrogens with one attached hydrogen (secondary N) is 1. The van der Waals surface area contributed by atoms with E-state index in [0.29, 0.717) is 18.7 Å². The molecule has 2 N–H and O–H groups in total. The number of nitrogens with zero attached hydrogens (tertiary/aromatic N) is 2. The van der Waals surface area contributed by atoms with Crippen LogP contribution in [0.4, 0.5) is 10.5 Å². The van der Waals surface area contributed by atoms with E-state index in [0.717, 1.165) is 16.3 Å². The van der Waals surface area contributed by atoms with Gasteiger partial charge in [0, 0.05) is 29.7 Å². The molecule has 6 nitrogen and oxygen atoms in total. The van der Waals surface area contributed by atoms with Gasteiger partial charge in [0.25, 0.3) is 0 Å². The maximum Gasteiger partial charge on any atom is 0.321 e. The zero-order valence-electron chi connectivity index (χ0n) is 13.6. The van der Waals surface area contributed by atoms with Crippen LogP contribution >= 0.6 is 11.3 Å². The zero-order chi connectivity index (χ0) is 17.3. The topological polar surface area (TPSA) is 82.5 Å². The van der Waals surface area contributed by atoms with Crippen LogP contribution in [0.3, 0.4) is 0 Å². The molecule has 24 heavy (non-hydrogen) atoms. The lowest BCUT2D eigenvalue weighted by Gasteiger charge is -2.20. The number of anilines is 1. The first-order valence-corrected chi connectivity index (χ1v) is 8.57. The van der Waals surface area contributed by atoms with Crippen molar-refractivity contribution in [1.29, 1.82) is 0 Å². The molecular formula is C17H19N3O3S. The Morgan fingerprint density at radius 2 is 2.04 bits per heavy atom. The molecule has 126 valence electrons. The molecule has 1 aliphatic heterocycles. The van der Waals surface area contributed by atoms with Crippen molar-refractivity contribution in [1.82, 2.24) is 9.88 Å². The van der Waals surface area contributed by atoms with Gasteiger partial charge in [-0.1, -0.05) is 12.1 Å². The van der Waals surface area contributed by atoms with Gasteiger partial charge < -0.3 is 15.3 Å². The number of carbonyl (C=O) groups excluding carboxylic acids is 1. The Hall–Kier alpha value is -2.41. The van der Waals surface area contributed by atoms with E-state index in [1.807, 2.05) is 36.6 Å². The first-order valence-electron chi connectivity index (χ1n) is 7.69. The summed E-state index contributed by atoms with van der Waals surface area (Å²) < 4.78 is 0. The summed E-state index contributed by atoms with van der Waals surface area (Å²) in [4.78, 5) is 29.5. The van der Waals surface area contributed by atoms with Crippen molar-refractivity contribution in [2.75, 3.05) is 18.4 Å². The lowest BCUT2D eigenvalue weighted by molar-refractivity contribution is -0.146. The minimum absolute atomic E-state index is 0.227. The molecule has 1 fully saturated rings. The van der Waals surface area contributed by atoms with Gasteiger partial charge in [-0.05, 0) is 32.4 Å². The van der Waals surface area contributed by atoms with Crippen molar-refractivity contribution in [3.63, 3.8) is 0 Å². The largest absolute Gasteiger partial charge is 0.481 e. The summed E-state index contributed by atoms with van der Waals surface area (Å²) >= 11 is 1.60. The number of aliphatic carboxylic acids is 1. The third-order valence-electron chi connectivity index (χ3n) is 4.33. The molecule has 7 heteroatoms. The fourth-order valence-electron chi connectivity index (χ4n) is 2.73. The van der Waals surface area contributed by atoms with Crippen molar-refractivity contribution in [2.45, 2.75) is 20.3 Å². The number of aryl methyl sites for hydroxylation is 1. The first kappa shape index (κ1) is 16.4. The van der Waals surface area contributed by atoms with Gasteiger partial charge in [-0.3, -0.25) is 4.79 Å². The monoisotopic (exact) mass is 345 g/mol. The second kappa shape index (κ2) is 6.24. The van der Waals surface area contributed by atoms with Crippen LogP contribution in [0.25, 0.3) is 11.3 Å². The number of thiazole rings is 1. The number of aromatic nitrogens is 1. The van der Waals surface area contributed by atoms with Crippen molar-refractivity contribution in [2.24, 2.45) is 5.41 Å². The summed E-state index contributed by atoms with van der Waals surface area (Å²) in [7, 11) is 0. The van der Waals surface area contributed by atoms with E-state index in [-0.39, 0.29) is 12.6 Å². The highest BCUT2D eigenvalue weighted by atomic mass is 32.1. The standard InChI is InChI=1S/C17H19N3O3S/c1-11-18-14(9-24-11)12-3-5-13(6-4-12)19-16(23)20-8-7-17(2,10-20)15(21)22/h3-6,9H,7-8,10H2,1-2H3,(H,19,23)(H,21,22). The quantitative estimate of drug-likeness (QED) is 0.892. The van der Waals surface area contributed by atoms with Gasteiger partial charge in [-0.2, -0.15) is 0 Å². The Labute approximate surface area is 144 Å². The highest BCUT2D eigenvalue weighted by Gasteiger charge is 2.42. The number of hydrogen-bond donors (Lipinski definition) is 2. The van der Waals surface area contributed by atoms with Gasteiger partial charge >= 0.3 is 12.0 Å². The summed E-state index contributed by atoms with van der Waals surface area (Å²) in [5.74, 6) is -0.860. The molecule has 0 saturated carbocycles. The number of carbonyl (C=O) groups is 2. The molecule has 0 spiro atoms. The number of hydrogen-bond acceptors (Lipinski definition) is 4. The third kappa shape index (κ3) is 3.26. The van der Waals surface area contributed by atoms with E-state index < -0.39 is 11.4 Å². The molecule has 2 heterocycles. The van der Waals surface area contributed by atoms with Crippen molar-refractivity contribution in [3.8, 4) is 11.3 Å². The van der Waals surface area contributed by atoms with Gasteiger partial charge in [0.15, 0.2) is 0 Å². The molecular weight excluding hydrogens is 326 g/mol. The van der Waals surface area contributed by atoms with E-state index in [4.69, 9.17) is 0 Å². The van der Waals surface area contributed by atoms with Gasteiger partial charge in [-0.25, -0.2) is 9.78 Å². The number of amides is 2. The van der Waals surface area contributed by atoms with Crippen molar-refractivity contribution in [3.05, 3.63) is 34.7 Å². The second-order valence-corrected chi connectivity index (χ2v) is 7.36. The van der Waals surface area contributed by atoms with E-state index in [1.165, 1.54) is 0 Å². The summed E-state index contributed by atoms with van der Waals surface area (Å²) in [5.41, 5.74) is 1.74. The molecule has 0 bridgehead atoms. The van der Waals surface area contributed by atoms with Crippen LogP contribution in [0, 0.1) is 12.3 Å². The maximum absolute atomic E-state index is 12.3. The number of carboxylic acid groups (broad SMARTS) is 1. The zero-order valence-corrected chi connectivity index (χ0v) is 14.4. The van der Waals surface area contributed by atoms with Crippen LogP contribution in [0.1, 0.15) is 18.4 Å². The van der Waals surface area contributed by atoms with Crippen molar-refractivity contribution >= 4 is 29.0 Å². The van der Waals surface area contributed by atoms with E-state index in [2.05, 4.69) is 10.3 Å². The highest BCUT2D eigenvalue weighted by molar-refractivity contribution is 7.09. The first-order chi connectivity index (χ1) is 11.4. The average Bonchev–Trinajstić information content (AvgIpc) is 3.15. The Morgan fingerprint density at radius 1 is 1.33 bits per heavy atom. The summed E-state index contributed by atoms with van der Waals surface area (Å²) in [6.45, 7) is 4.31. The van der Waals surface area contributed by atoms with Crippen LogP contribution in [0.2, 0.25) is 0 Å². The average molecular weight is 345 g/mol. The molecule has 1 atom stereocenters. The second-order valence-electron chi connectivity index (χ2n) is 6.30. The number of carboxylic acids is 1. The smallest absolute Gasteiger partial charge is 0.321 e. The van der Waals surface area contributed by atoms with Crippen LogP contribution in [0.15, 0.2) is 29.6 Å². The maximum atomic E-state index is 12.3.